The molecule has 3 rings (SSSR count). The predicted molar refractivity (Wildman–Crippen MR) is 86.0 cm³/mol. The summed E-state index contributed by atoms with van der Waals surface area (Å²) in [7, 11) is 0. The fourth-order valence-corrected chi connectivity index (χ4v) is 2.37. The van der Waals surface area contributed by atoms with Gasteiger partial charge in [0.25, 0.3) is 5.91 Å². The SMILES string of the molecule is Cc1ccc(C(=O)NCCc2ccc3nc(C)oc3c2)cc1. The van der Waals surface area contributed by atoms with Gasteiger partial charge in [-0.25, -0.2) is 4.98 Å². The molecule has 0 aliphatic carbocycles. The number of nitrogens with one attached hydrogen (secondary N) is 1. The van der Waals surface area contributed by atoms with Crippen LogP contribution >= 0.6 is 0 Å². The molecule has 0 fully saturated rings. The molecule has 1 N–H and O–H groups in total. The van der Waals surface area contributed by atoms with E-state index in [0.717, 1.165) is 28.6 Å². The number of aryl methyl sites for hydroxylation is 2. The summed E-state index contributed by atoms with van der Waals surface area (Å²) in [4.78, 5) is 16.3. The summed E-state index contributed by atoms with van der Waals surface area (Å²) in [6.45, 7) is 4.43. The molecule has 0 spiro atoms. The van der Waals surface area contributed by atoms with Crippen molar-refractivity contribution in [2.45, 2.75) is 20.3 Å². The fraction of sp³-hybridized carbons (Fsp3) is 0.222. The first-order valence-electron chi connectivity index (χ1n) is 7.33. The van der Waals surface area contributed by atoms with Gasteiger partial charge in [-0.3, -0.25) is 4.79 Å². The Bertz CT molecular complexity index is 804. The monoisotopic (exact) mass is 294 g/mol. The van der Waals surface area contributed by atoms with Gasteiger partial charge in [0.15, 0.2) is 11.5 Å². The normalized spacial score (nSPS) is 10.8. The van der Waals surface area contributed by atoms with E-state index in [4.69, 9.17) is 4.42 Å². The highest BCUT2D eigenvalue weighted by Crippen LogP contribution is 2.17. The summed E-state index contributed by atoms with van der Waals surface area (Å²) in [5, 5.41) is 2.93. The Labute approximate surface area is 129 Å². The smallest absolute Gasteiger partial charge is 0.251 e. The highest BCUT2D eigenvalue weighted by atomic mass is 16.3. The quantitative estimate of drug-likeness (QED) is 0.802. The minimum atomic E-state index is -0.0448. The van der Waals surface area contributed by atoms with Crippen LogP contribution in [0, 0.1) is 13.8 Å². The van der Waals surface area contributed by atoms with Crippen LogP contribution in [0.5, 0.6) is 0 Å². The molecule has 2 aromatic carbocycles. The number of fused-ring (bicyclic) bond motifs is 1. The van der Waals surface area contributed by atoms with E-state index in [1.807, 2.05) is 56.3 Å². The zero-order chi connectivity index (χ0) is 15.5. The molecule has 1 heterocycles. The number of hydrogen-bond donors (Lipinski definition) is 1. The molecule has 4 nitrogen and oxygen atoms in total. The molecule has 0 aliphatic rings. The van der Waals surface area contributed by atoms with Gasteiger partial charge in [-0.05, 0) is 43.2 Å². The lowest BCUT2D eigenvalue weighted by molar-refractivity contribution is 0.0954. The molecule has 3 aromatic rings. The lowest BCUT2D eigenvalue weighted by Crippen LogP contribution is -2.25. The van der Waals surface area contributed by atoms with Crippen molar-refractivity contribution in [3.8, 4) is 0 Å². The number of aromatic nitrogens is 1. The topological polar surface area (TPSA) is 55.1 Å². The highest BCUT2D eigenvalue weighted by molar-refractivity contribution is 5.94. The van der Waals surface area contributed by atoms with E-state index >= 15 is 0 Å². The Morgan fingerprint density at radius 3 is 2.68 bits per heavy atom. The molecular formula is C18H18N2O2. The Hall–Kier alpha value is -2.62. The van der Waals surface area contributed by atoms with Gasteiger partial charge in [0.2, 0.25) is 0 Å². The maximum atomic E-state index is 12.0. The third-order valence-electron chi connectivity index (χ3n) is 3.57. The molecule has 0 aliphatic heterocycles. The molecular weight excluding hydrogens is 276 g/mol. The molecule has 1 amide bonds. The van der Waals surface area contributed by atoms with Crippen LogP contribution in [0.2, 0.25) is 0 Å². The molecule has 1 aromatic heterocycles. The lowest BCUT2D eigenvalue weighted by Gasteiger charge is -2.05. The molecule has 22 heavy (non-hydrogen) atoms. The first-order valence-corrected chi connectivity index (χ1v) is 7.33. The summed E-state index contributed by atoms with van der Waals surface area (Å²) in [5.41, 5.74) is 4.61. The zero-order valence-electron chi connectivity index (χ0n) is 12.7. The largest absolute Gasteiger partial charge is 0.441 e. The standard InChI is InChI=1S/C18H18N2O2/c1-12-3-6-15(7-4-12)18(21)19-10-9-14-5-8-16-17(11-14)22-13(2)20-16/h3-8,11H,9-10H2,1-2H3,(H,19,21). The number of carbonyl (C=O) groups is 1. The van der Waals surface area contributed by atoms with Crippen molar-refractivity contribution < 1.29 is 9.21 Å². The Kier molecular flexibility index (Phi) is 3.92. The lowest BCUT2D eigenvalue weighted by atomic mass is 10.1. The van der Waals surface area contributed by atoms with Crippen LogP contribution in [0.1, 0.15) is 27.4 Å². The Morgan fingerprint density at radius 2 is 1.91 bits per heavy atom. The van der Waals surface area contributed by atoms with Crippen molar-refractivity contribution in [3.63, 3.8) is 0 Å². The first-order chi connectivity index (χ1) is 10.6. The molecule has 4 heteroatoms. The second-order valence-electron chi connectivity index (χ2n) is 5.41. The highest BCUT2D eigenvalue weighted by Gasteiger charge is 2.06. The summed E-state index contributed by atoms with van der Waals surface area (Å²) in [6.07, 6.45) is 0.757. The van der Waals surface area contributed by atoms with E-state index in [2.05, 4.69) is 10.3 Å². The van der Waals surface area contributed by atoms with E-state index < -0.39 is 0 Å². The number of oxazole rings is 1. The van der Waals surface area contributed by atoms with Gasteiger partial charge < -0.3 is 9.73 Å². The van der Waals surface area contributed by atoms with Crippen molar-refractivity contribution in [1.29, 1.82) is 0 Å². The summed E-state index contributed by atoms with van der Waals surface area (Å²) >= 11 is 0. The summed E-state index contributed by atoms with van der Waals surface area (Å²) in [6, 6.07) is 13.5. The molecule has 0 saturated carbocycles. The van der Waals surface area contributed by atoms with Crippen molar-refractivity contribution >= 4 is 17.0 Å². The second-order valence-corrected chi connectivity index (χ2v) is 5.41. The van der Waals surface area contributed by atoms with Crippen molar-refractivity contribution in [1.82, 2.24) is 10.3 Å². The number of rotatable bonds is 4. The van der Waals surface area contributed by atoms with Gasteiger partial charge in [0.1, 0.15) is 5.52 Å². The average Bonchev–Trinajstić information content (AvgIpc) is 2.87. The minimum absolute atomic E-state index is 0.0448. The van der Waals surface area contributed by atoms with Crippen molar-refractivity contribution in [2.24, 2.45) is 0 Å². The third-order valence-corrected chi connectivity index (χ3v) is 3.57. The maximum Gasteiger partial charge on any atom is 0.251 e. The van der Waals surface area contributed by atoms with E-state index in [1.54, 1.807) is 0 Å². The van der Waals surface area contributed by atoms with Crippen LogP contribution in [0.3, 0.4) is 0 Å². The number of hydrogen-bond acceptors (Lipinski definition) is 3. The van der Waals surface area contributed by atoms with Gasteiger partial charge in [0.05, 0.1) is 0 Å². The zero-order valence-corrected chi connectivity index (χ0v) is 12.7. The fourth-order valence-electron chi connectivity index (χ4n) is 2.37. The second kappa shape index (κ2) is 6.02. The van der Waals surface area contributed by atoms with E-state index in [9.17, 15) is 4.79 Å². The first kappa shape index (κ1) is 14.3. The third kappa shape index (κ3) is 3.17. The molecule has 0 atom stereocenters. The number of benzene rings is 2. The van der Waals surface area contributed by atoms with Gasteiger partial charge in [-0.15, -0.1) is 0 Å². The number of nitrogens with zero attached hydrogens (tertiary/aromatic N) is 1. The van der Waals surface area contributed by atoms with Crippen LogP contribution < -0.4 is 5.32 Å². The van der Waals surface area contributed by atoms with Gasteiger partial charge in [-0.1, -0.05) is 23.8 Å². The maximum absolute atomic E-state index is 12.0. The molecule has 112 valence electrons. The number of carbonyl (C=O) groups excluding carboxylic acids is 1. The Morgan fingerprint density at radius 1 is 1.14 bits per heavy atom. The van der Waals surface area contributed by atoms with E-state index in [-0.39, 0.29) is 5.91 Å². The van der Waals surface area contributed by atoms with Crippen molar-refractivity contribution in [2.75, 3.05) is 6.54 Å². The summed E-state index contributed by atoms with van der Waals surface area (Å²) in [5.74, 6) is 0.622. The van der Waals surface area contributed by atoms with Crippen LogP contribution in [-0.2, 0) is 6.42 Å². The van der Waals surface area contributed by atoms with E-state index in [1.165, 1.54) is 0 Å². The van der Waals surface area contributed by atoms with Crippen molar-refractivity contribution in [3.05, 3.63) is 65.0 Å². The molecule has 0 bridgehead atoms. The molecule has 0 unspecified atom stereocenters. The van der Waals surface area contributed by atoms with Crippen LogP contribution in [0.25, 0.3) is 11.1 Å². The van der Waals surface area contributed by atoms with Gasteiger partial charge in [-0.2, -0.15) is 0 Å². The molecule has 0 radical (unpaired) electrons. The summed E-state index contributed by atoms with van der Waals surface area (Å²) < 4.78 is 5.52. The molecule has 0 saturated heterocycles. The van der Waals surface area contributed by atoms with Crippen LogP contribution in [-0.4, -0.2) is 17.4 Å². The number of amides is 1. The van der Waals surface area contributed by atoms with Crippen LogP contribution in [0.15, 0.2) is 46.9 Å². The Balaban J connectivity index is 1.59. The predicted octanol–water partition coefficient (Wildman–Crippen LogP) is 3.42. The van der Waals surface area contributed by atoms with Gasteiger partial charge in [0, 0.05) is 19.0 Å². The minimum Gasteiger partial charge on any atom is -0.441 e. The van der Waals surface area contributed by atoms with Gasteiger partial charge >= 0.3 is 0 Å². The van der Waals surface area contributed by atoms with E-state index in [0.29, 0.717) is 18.0 Å². The van der Waals surface area contributed by atoms with Crippen LogP contribution in [0.4, 0.5) is 0 Å². The average molecular weight is 294 g/mol.